The lowest BCUT2D eigenvalue weighted by Gasteiger charge is -2.18. The van der Waals surface area contributed by atoms with Gasteiger partial charge in [-0.25, -0.2) is 5.43 Å². The third-order valence-corrected chi connectivity index (χ3v) is 4.05. The molecule has 0 spiro atoms. The lowest BCUT2D eigenvalue weighted by Crippen LogP contribution is -2.16. The Hall–Kier alpha value is -2.39. The molecule has 0 saturated carbocycles. The van der Waals surface area contributed by atoms with Crippen LogP contribution in [0.2, 0.25) is 5.02 Å². The van der Waals surface area contributed by atoms with Crippen molar-refractivity contribution in [1.29, 1.82) is 0 Å². The third kappa shape index (κ3) is 5.87. The average Bonchev–Trinajstić information content (AvgIpc) is 2.58. The van der Waals surface area contributed by atoms with Crippen molar-refractivity contribution in [2.75, 3.05) is 0 Å². The maximum Gasteiger partial charge on any atom is 0.264 e. The van der Waals surface area contributed by atoms with Crippen molar-refractivity contribution in [3.8, 4) is 0 Å². The average molecular weight is 355 g/mol. The van der Waals surface area contributed by atoms with E-state index in [0.29, 0.717) is 10.7 Å². The van der Waals surface area contributed by atoms with Gasteiger partial charge >= 0.3 is 0 Å². The first-order valence-corrected chi connectivity index (χ1v) is 8.52. The summed E-state index contributed by atoms with van der Waals surface area (Å²) in [6.07, 6.45) is 3.25. The molecule has 25 heavy (non-hydrogen) atoms. The lowest BCUT2D eigenvalue weighted by molar-refractivity contribution is -0.116. The first-order valence-electron chi connectivity index (χ1n) is 8.14. The Balaban J connectivity index is 1.96. The van der Waals surface area contributed by atoms with Crippen LogP contribution in [0.5, 0.6) is 0 Å². The molecule has 0 heterocycles. The van der Waals surface area contributed by atoms with Crippen LogP contribution >= 0.6 is 11.6 Å². The highest BCUT2D eigenvalue weighted by atomic mass is 35.5. The molecule has 4 heteroatoms. The summed E-state index contributed by atoms with van der Waals surface area (Å²) in [5.41, 5.74) is 6.51. The van der Waals surface area contributed by atoms with E-state index in [0.717, 1.165) is 11.1 Å². The summed E-state index contributed by atoms with van der Waals surface area (Å²) >= 11 is 5.86. The van der Waals surface area contributed by atoms with Gasteiger partial charge in [0.15, 0.2) is 0 Å². The van der Waals surface area contributed by atoms with Crippen molar-refractivity contribution >= 4 is 29.3 Å². The van der Waals surface area contributed by atoms with Crippen molar-refractivity contribution < 1.29 is 4.79 Å². The zero-order chi connectivity index (χ0) is 18.4. The molecule has 0 unspecified atom stereocenters. The number of hydrazone groups is 1. The Bertz CT molecular complexity index is 782. The zero-order valence-corrected chi connectivity index (χ0v) is 15.8. The molecule has 0 bridgehead atoms. The molecule has 2 rings (SSSR count). The summed E-state index contributed by atoms with van der Waals surface area (Å²) in [5, 5.41) is 4.77. The second kappa shape index (κ2) is 8.13. The number of halogens is 1. The van der Waals surface area contributed by atoms with Crippen LogP contribution in [0, 0.1) is 0 Å². The van der Waals surface area contributed by atoms with Crippen LogP contribution in [0.15, 0.2) is 59.7 Å². The summed E-state index contributed by atoms with van der Waals surface area (Å²) < 4.78 is 0. The molecule has 0 aromatic heterocycles. The summed E-state index contributed by atoms with van der Waals surface area (Å²) in [6.45, 7) is 8.35. The Morgan fingerprint density at radius 1 is 1.04 bits per heavy atom. The second-order valence-corrected chi connectivity index (χ2v) is 7.32. The Morgan fingerprint density at radius 3 is 2.20 bits per heavy atom. The van der Waals surface area contributed by atoms with E-state index in [1.54, 1.807) is 18.2 Å². The van der Waals surface area contributed by atoms with E-state index < -0.39 is 0 Å². The predicted octanol–water partition coefficient (Wildman–Crippen LogP) is 5.19. The molecule has 0 aliphatic heterocycles. The fraction of sp³-hybridized carbons (Fsp3) is 0.238. The maximum absolute atomic E-state index is 11.9. The van der Waals surface area contributed by atoms with Gasteiger partial charge < -0.3 is 0 Å². The van der Waals surface area contributed by atoms with Crippen molar-refractivity contribution in [2.45, 2.75) is 33.1 Å². The minimum atomic E-state index is -0.270. The van der Waals surface area contributed by atoms with E-state index in [2.05, 4.69) is 43.4 Å². The highest BCUT2D eigenvalue weighted by Gasteiger charge is 2.12. The number of rotatable bonds is 4. The van der Waals surface area contributed by atoms with Crippen molar-refractivity contribution in [2.24, 2.45) is 5.10 Å². The Kier molecular flexibility index (Phi) is 6.16. The van der Waals surface area contributed by atoms with Gasteiger partial charge in [-0.05, 0) is 47.2 Å². The van der Waals surface area contributed by atoms with Crippen LogP contribution in [0.4, 0.5) is 0 Å². The molecule has 3 nitrogen and oxygen atoms in total. The lowest BCUT2D eigenvalue weighted by atomic mass is 9.87. The van der Waals surface area contributed by atoms with E-state index in [4.69, 9.17) is 11.6 Å². The summed E-state index contributed by atoms with van der Waals surface area (Å²) in [5.74, 6) is -0.270. The highest BCUT2D eigenvalue weighted by Crippen LogP contribution is 2.22. The van der Waals surface area contributed by atoms with Crippen LogP contribution in [-0.4, -0.2) is 11.6 Å². The molecule has 0 saturated heterocycles. The first kappa shape index (κ1) is 18.9. The van der Waals surface area contributed by atoms with E-state index in [-0.39, 0.29) is 11.3 Å². The quantitative estimate of drug-likeness (QED) is 0.458. The van der Waals surface area contributed by atoms with E-state index in [9.17, 15) is 4.79 Å². The summed E-state index contributed by atoms with van der Waals surface area (Å²) in [7, 11) is 0. The van der Waals surface area contributed by atoms with E-state index in [1.807, 2.05) is 31.2 Å². The first-order chi connectivity index (χ1) is 11.8. The number of nitrogens with one attached hydrogen (secondary N) is 1. The largest absolute Gasteiger partial charge is 0.268 e. The van der Waals surface area contributed by atoms with Gasteiger partial charge in [0, 0.05) is 11.1 Å². The van der Waals surface area contributed by atoms with Crippen LogP contribution in [0.1, 0.15) is 44.4 Å². The van der Waals surface area contributed by atoms with Crippen LogP contribution in [0.25, 0.3) is 6.08 Å². The number of hydrogen-bond donors (Lipinski definition) is 1. The molecule has 0 fully saturated rings. The normalized spacial score (nSPS) is 12.4. The smallest absolute Gasteiger partial charge is 0.264 e. The third-order valence-electron chi connectivity index (χ3n) is 3.80. The zero-order valence-electron chi connectivity index (χ0n) is 15.0. The van der Waals surface area contributed by atoms with E-state index in [1.165, 1.54) is 11.6 Å². The Labute approximate surface area is 154 Å². The van der Waals surface area contributed by atoms with Crippen LogP contribution < -0.4 is 5.43 Å². The molecule has 130 valence electrons. The number of carbonyl (C=O) groups excluding carboxylic acids is 1. The predicted molar refractivity (Wildman–Crippen MR) is 106 cm³/mol. The molecule has 1 N–H and O–H groups in total. The molecular formula is C21H23ClN2O. The minimum absolute atomic E-state index is 0.119. The SMILES string of the molecule is C/C(=N\NC(=O)/C=C/c1ccc(C(C)(C)C)cc1)c1ccc(Cl)cc1. The standard InChI is InChI=1S/C21H23ClN2O/c1-15(17-8-12-19(22)13-9-17)23-24-20(25)14-7-16-5-10-18(11-6-16)21(2,3)4/h5-14H,1-4H3,(H,24,25)/b14-7+,23-15+. The van der Waals surface area contributed by atoms with Crippen molar-refractivity contribution in [3.05, 3.63) is 76.3 Å². The van der Waals surface area contributed by atoms with Gasteiger partial charge in [0.1, 0.15) is 0 Å². The van der Waals surface area contributed by atoms with Gasteiger partial charge in [0.2, 0.25) is 0 Å². The molecular weight excluding hydrogens is 332 g/mol. The van der Waals surface area contributed by atoms with Crippen molar-refractivity contribution in [1.82, 2.24) is 5.43 Å². The van der Waals surface area contributed by atoms with Crippen molar-refractivity contribution in [3.63, 3.8) is 0 Å². The molecule has 1 amide bonds. The Morgan fingerprint density at radius 2 is 1.64 bits per heavy atom. The topological polar surface area (TPSA) is 41.5 Å². The van der Waals surface area contributed by atoms with Crippen LogP contribution in [0.3, 0.4) is 0 Å². The minimum Gasteiger partial charge on any atom is -0.268 e. The summed E-state index contributed by atoms with van der Waals surface area (Å²) in [6, 6.07) is 15.5. The molecule has 0 aliphatic carbocycles. The number of carbonyl (C=O) groups is 1. The van der Waals surface area contributed by atoms with Gasteiger partial charge in [0.05, 0.1) is 5.71 Å². The molecule has 2 aromatic carbocycles. The van der Waals surface area contributed by atoms with Gasteiger partial charge in [-0.1, -0.05) is 68.8 Å². The second-order valence-electron chi connectivity index (χ2n) is 6.89. The van der Waals surface area contributed by atoms with Gasteiger partial charge in [-0.2, -0.15) is 5.10 Å². The molecule has 0 atom stereocenters. The fourth-order valence-corrected chi connectivity index (χ4v) is 2.32. The fourth-order valence-electron chi connectivity index (χ4n) is 2.20. The van der Waals surface area contributed by atoms with Gasteiger partial charge in [0.25, 0.3) is 5.91 Å². The van der Waals surface area contributed by atoms with Gasteiger partial charge in [-0.15, -0.1) is 0 Å². The summed E-state index contributed by atoms with van der Waals surface area (Å²) in [4.78, 5) is 11.9. The maximum atomic E-state index is 11.9. The molecule has 2 aromatic rings. The van der Waals surface area contributed by atoms with Gasteiger partial charge in [-0.3, -0.25) is 4.79 Å². The van der Waals surface area contributed by atoms with Crippen LogP contribution in [-0.2, 0) is 10.2 Å². The molecule has 0 radical (unpaired) electrons. The monoisotopic (exact) mass is 354 g/mol. The molecule has 0 aliphatic rings. The number of nitrogens with zero attached hydrogens (tertiary/aromatic N) is 1. The number of benzene rings is 2. The van der Waals surface area contributed by atoms with E-state index >= 15 is 0 Å². The number of amides is 1. The highest BCUT2D eigenvalue weighted by molar-refractivity contribution is 6.30. The number of hydrogen-bond acceptors (Lipinski definition) is 2.